The molecule has 0 spiro atoms. The Kier molecular flexibility index (Phi) is 12.6. The SMILES string of the molecule is CC[SiH](CC)O[Si](CC)(CC)O[Si](CC)(CC)O[SiH](CC)CC. The van der Waals surface area contributed by atoms with Gasteiger partial charge >= 0.3 is 17.1 Å². The predicted octanol–water partition coefficient (Wildman–Crippen LogP) is 5.53. The number of hydrogen-bond acceptors (Lipinski definition) is 3. The minimum Gasteiger partial charge on any atom is -0.439 e. The average molecular weight is 395 g/mol. The molecule has 0 aliphatic rings. The summed E-state index contributed by atoms with van der Waals surface area (Å²) in [5.41, 5.74) is 0. The van der Waals surface area contributed by atoms with E-state index in [0.717, 1.165) is 24.2 Å². The van der Waals surface area contributed by atoms with E-state index >= 15 is 0 Å². The Morgan fingerprint density at radius 2 is 0.783 bits per heavy atom. The zero-order valence-corrected chi connectivity index (χ0v) is 21.3. The van der Waals surface area contributed by atoms with Gasteiger partial charge in [0.2, 0.25) is 0 Å². The molecule has 7 heteroatoms. The highest BCUT2D eigenvalue weighted by atomic mass is 28.5. The van der Waals surface area contributed by atoms with Crippen molar-refractivity contribution in [2.24, 2.45) is 0 Å². The molecular weight excluding hydrogens is 353 g/mol. The maximum Gasteiger partial charge on any atom is 0.318 e. The van der Waals surface area contributed by atoms with Crippen molar-refractivity contribution in [2.75, 3.05) is 0 Å². The minimum absolute atomic E-state index is 1.07. The molecule has 0 saturated heterocycles. The summed E-state index contributed by atoms with van der Waals surface area (Å²) in [7, 11) is -6.39. The fraction of sp³-hybridized carbons (Fsp3) is 1.00. The Balaban J connectivity index is 5.36. The van der Waals surface area contributed by atoms with E-state index < -0.39 is 35.2 Å². The van der Waals surface area contributed by atoms with Crippen molar-refractivity contribution in [1.29, 1.82) is 0 Å². The van der Waals surface area contributed by atoms with Crippen molar-refractivity contribution in [2.45, 2.75) is 104 Å². The van der Waals surface area contributed by atoms with Crippen molar-refractivity contribution in [3.05, 3.63) is 0 Å². The summed E-state index contributed by atoms with van der Waals surface area (Å²) in [6, 6.07) is 9.11. The van der Waals surface area contributed by atoms with Gasteiger partial charge in [-0.15, -0.1) is 0 Å². The van der Waals surface area contributed by atoms with E-state index in [1.807, 2.05) is 0 Å². The molecule has 0 amide bonds. The molecule has 0 aromatic rings. The third-order valence-corrected chi connectivity index (χ3v) is 22.1. The lowest BCUT2D eigenvalue weighted by Crippen LogP contribution is -2.57. The van der Waals surface area contributed by atoms with Gasteiger partial charge < -0.3 is 12.3 Å². The molecule has 0 rings (SSSR count). The fourth-order valence-corrected chi connectivity index (χ4v) is 21.6. The standard InChI is InChI=1S/C16H42O3Si4/c1-9-20(10-2)17-22(13-5,14-6)19-23(15-7,16-8)18-21(11-3)12-4/h20-21H,9-16H2,1-8H3. The summed E-state index contributed by atoms with van der Waals surface area (Å²) < 4.78 is 20.5. The maximum atomic E-state index is 6.99. The molecule has 0 unspecified atom stereocenters. The molecule has 0 saturated carbocycles. The molecule has 140 valence electrons. The summed E-state index contributed by atoms with van der Waals surface area (Å²) in [6.45, 7) is 18.2. The van der Waals surface area contributed by atoms with Crippen molar-refractivity contribution < 1.29 is 12.3 Å². The van der Waals surface area contributed by atoms with E-state index in [2.05, 4.69) is 55.4 Å². The quantitative estimate of drug-likeness (QED) is 0.363. The van der Waals surface area contributed by atoms with E-state index in [0.29, 0.717) is 0 Å². The van der Waals surface area contributed by atoms with Crippen LogP contribution in [0.2, 0.25) is 48.4 Å². The summed E-state index contributed by atoms with van der Waals surface area (Å²) in [5.74, 6) is 0. The van der Waals surface area contributed by atoms with Crippen LogP contribution in [0.3, 0.4) is 0 Å². The highest BCUT2D eigenvalue weighted by Crippen LogP contribution is 2.31. The highest BCUT2D eigenvalue weighted by molar-refractivity contribution is 6.86. The van der Waals surface area contributed by atoms with Crippen LogP contribution in [0.4, 0.5) is 0 Å². The van der Waals surface area contributed by atoms with Crippen molar-refractivity contribution in [3.63, 3.8) is 0 Å². The lowest BCUT2D eigenvalue weighted by atomic mass is 10.9. The normalized spacial score (nSPS) is 13.3. The van der Waals surface area contributed by atoms with E-state index in [-0.39, 0.29) is 0 Å². The molecule has 0 radical (unpaired) electrons. The van der Waals surface area contributed by atoms with Crippen molar-refractivity contribution >= 4 is 35.2 Å². The molecule has 0 atom stereocenters. The molecule has 0 aliphatic carbocycles. The van der Waals surface area contributed by atoms with Gasteiger partial charge in [0.15, 0.2) is 18.1 Å². The second-order valence-electron chi connectivity index (χ2n) is 6.45. The van der Waals surface area contributed by atoms with Crippen LogP contribution in [-0.2, 0) is 12.3 Å². The molecule has 0 aromatic carbocycles. The molecule has 0 bridgehead atoms. The third-order valence-electron chi connectivity index (χ3n) is 5.11. The number of rotatable bonds is 14. The zero-order chi connectivity index (χ0) is 17.9. The summed E-state index contributed by atoms with van der Waals surface area (Å²) in [4.78, 5) is 0. The van der Waals surface area contributed by atoms with Gasteiger partial charge in [0.1, 0.15) is 0 Å². The van der Waals surface area contributed by atoms with Crippen LogP contribution in [-0.4, -0.2) is 35.2 Å². The average Bonchev–Trinajstić information content (AvgIpc) is 2.62. The third kappa shape index (κ3) is 7.25. The maximum absolute atomic E-state index is 6.99. The van der Waals surface area contributed by atoms with E-state index in [9.17, 15) is 0 Å². The second-order valence-corrected chi connectivity index (χ2v) is 21.4. The Morgan fingerprint density at radius 1 is 0.522 bits per heavy atom. The van der Waals surface area contributed by atoms with Gasteiger partial charge in [-0.1, -0.05) is 55.4 Å². The minimum atomic E-state index is -2.10. The largest absolute Gasteiger partial charge is 0.439 e. The van der Waals surface area contributed by atoms with Crippen LogP contribution in [0, 0.1) is 0 Å². The lowest BCUT2D eigenvalue weighted by molar-refractivity contribution is 0.312. The van der Waals surface area contributed by atoms with E-state index in [1.54, 1.807) is 0 Å². The molecule has 0 aliphatic heterocycles. The topological polar surface area (TPSA) is 27.7 Å². The first-order chi connectivity index (χ1) is 10.9. The molecule has 0 fully saturated rings. The summed E-state index contributed by atoms with van der Waals surface area (Å²) in [5, 5.41) is 0. The lowest BCUT2D eigenvalue weighted by Gasteiger charge is -2.42. The Hall–Kier alpha value is 0.748. The van der Waals surface area contributed by atoms with E-state index in [4.69, 9.17) is 12.3 Å². The molecule has 0 aromatic heterocycles. The van der Waals surface area contributed by atoms with Gasteiger partial charge in [-0.3, -0.25) is 0 Å². The van der Waals surface area contributed by atoms with Crippen LogP contribution in [0.1, 0.15) is 55.4 Å². The molecule has 23 heavy (non-hydrogen) atoms. The molecule has 0 N–H and O–H groups in total. The van der Waals surface area contributed by atoms with Crippen LogP contribution >= 0.6 is 0 Å². The van der Waals surface area contributed by atoms with Crippen molar-refractivity contribution in [3.8, 4) is 0 Å². The van der Waals surface area contributed by atoms with Gasteiger partial charge in [0.25, 0.3) is 0 Å². The predicted molar refractivity (Wildman–Crippen MR) is 113 cm³/mol. The second kappa shape index (κ2) is 12.2. The van der Waals surface area contributed by atoms with Gasteiger partial charge in [0, 0.05) is 0 Å². The van der Waals surface area contributed by atoms with Crippen LogP contribution in [0.25, 0.3) is 0 Å². The Morgan fingerprint density at radius 3 is 0.957 bits per heavy atom. The van der Waals surface area contributed by atoms with Gasteiger partial charge in [-0.2, -0.15) is 0 Å². The molecule has 0 heterocycles. The number of hydrogen-bond donors (Lipinski definition) is 0. The summed E-state index contributed by atoms with van der Waals surface area (Å²) in [6.07, 6.45) is 0. The van der Waals surface area contributed by atoms with Crippen LogP contribution in [0.15, 0.2) is 0 Å². The van der Waals surface area contributed by atoms with Crippen LogP contribution in [0.5, 0.6) is 0 Å². The summed E-state index contributed by atoms with van der Waals surface area (Å²) >= 11 is 0. The van der Waals surface area contributed by atoms with Crippen molar-refractivity contribution in [1.82, 2.24) is 0 Å². The van der Waals surface area contributed by atoms with Gasteiger partial charge in [-0.05, 0) is 48.4 Å². The van der Waals surface area contributed by atoms with Crippen LogP contribution < -0.4 is 0 Å². The highest BCUT2D eigenvalue weighted by Gasteiger charge is 2.46. The van der Waals surface area contributed by atoms with E-state index in [1.165, 1.54) is 24.2 Å². The fourth-order valence-electron chi connectivity index (χ4n) is 3.03. The van der Waals surface area contributed by atoms with Gasteiger partial charge in [0.05, 0.1) is 0 Å². The molecular formula is C16H42O3Si4. The Bertz CT molecular complexity index is 261. The monoisotopic (exact) mass is 394 g/mol. The Labute approximate surface area is 151 Å². The first kappa shape index (κ1) is 23.7. The first-order valence-electron chi connectivity index (χ1n) is 9.99. The zero-order valence-electron chi connectivity index (χ0n) is 17.0. The molecule has 3 nitrogen and oxygen atoms in total. The first-order valence-corrected chi connectivity index (χ1v) is 18.7. The smallest absolute Gasteiger partial charge is 0.318 e. The van der Waals surface area contributed by atoms with Gasteiger partial charge in [-0.25, -0.2) is 0 Å².